The minimum absolute atomic E-state index is 0.113. The predicted molar refractivity (Wildman–Crippen MR) is 57.3 cm³/mol. The second kappa shape index (κ2) is 4.53. The van der Waals surface area contributed by atoms with Crippen LogP contribution < -0.4 is 4.74 Å². The summed E-state index contributed by atoms with van der Waals surface area (Å²) in [5.74, 6) is 0.237. The maximum absolute atomic E-state index is 11.5. The van der Waals surface area contributed by atoms with Gasteiger partial charge in [-0.2, -0.15) is 0 Å². The van der Waals surface area contributed by atoms with E-state index in [4.69, 9.17) is 14.6 Å². The fraction of sp³-hybridized carbons (Fsp3) is 0.417. The molecule has 4 nitrogen and oxygen atoms in total. The van der Waals surface area contributed by atoms with Crippen molar-refractivity contribution in [2.24, 2.45) is 0 Å². The number of ether oxygens (including phenoxy) is 2. The van der Waals surface area contributed by atoms with Crippen LogP contribution in [0.15, 0.2) is 24.3 Å². The minimum Gasteiger partial charge on any atom is -0.497 e. The van der Waals surface area contributed by atoms with Gasteiger partial charge in [0.1, 0.15) is 11.9 Å². The van der Waals surface area contributed by atoms with Crippen molar-refractivity contribution in [3.63, 3.8) is 0 Å². The third-order valence-corrected chi connectivity index (χ3v) is 2.79. The van der Waals surface area contributed by atoms with Gasteiger partial charge in [0.05, 0.1) is 19.6 Å². The maximum atomic E-state index is 11.5. The van der Waals surface area contributed by atoms with E-state index in [-0.39, 0.29) is 24.6 Å². The molecule has 0 amide bonds. The van der Waals surface area contributed by atoms with E-state index in [2.05, 4.69) is 0 Å². The Labute approximate surface area is 93.8 Å². The Kier molecular flexibility index (Phi) is 3.10. The van der Waals surface area contributed by atoms with Gasteiger partial charge in [0.25, 0.3) is 0 Å². The lowest BCUT2D eigenvalue weighted by atomic mass is 9.96. The standard InChI is InChI=1S/C12H14O4/c1-15-9-4-2-8(3-5-9)11-6-10(7-13)16-12(11)14/h2-5,10-11,13H,6-7H2,1H3. The number of cyclic esters (lactones) is 1. The Morgan fingerprint density at radius 3 is 2.62 bits per heavy atom. The number of hydrogen-bond donors (Lipinski definition) is 1. The number of methoxy groups -OCH3 is 1. The van der Waals surface area contributed by atoms with Gasteiger partial charge in [0, 0.05) is 6.42 Å². The summed E-state index contributed by atoms with van der Waals surface area (Å²) in [6, 6.07) is 7.33. The lowest BCUT2D eigenvalue weighted by molar-refractivity contribution is -0.143. The highest BCUT2D eigenvalue weighted by molar-refractivity contribution is 5.80. The summed E-state index contributed by atoms with van der Waals surface area (Å²) in [6.45, 7) is -0.113. The second-order valence-electron chi connectivity index (χ2n) is 3.80. The number of aliphatic hydroxyl groups is 1. The summed E-state index contributed by atoms with van der Waals surface area (Å²) in [5, 5.41) is 8.93. The van der Waals surface area contributed by atoms with Gasteiger partial charge in [-0.3, -0.25) is 4.79 Å². The van der Waals surface area contributed by atoms with Crippen molar-refractivity contribution in [2.75, 3.05) is 13.7 Å². The van der Waals surface area contributed by atoms with Crippen molar-refractivity contribution in [1.82, 2.24) is 0 Å². The van der Waals surface area contributed by atoms with Crippen LogP contribution in [0.2, 0.25) is 0 Å². The Balaban J connectivity index is 2.15. The van der Waals surface area contributed by atoms with Crippen LogP contribution in [0.3, 0.4) is 0 Å². The highest BCUT2D eigenvalue weighted by Crippen LogP contribution is 2.31. The van der Waals surface area contributed by atoms with Gasteiger partial charge in [-0.1, -0.05) is 12.1 Å². The Hall–Kier alpha value is -1.55. The predicted octanol–water partition coefficient (Wildman–Crippen LogP) is 1.09. The van der Waals surface area contributed by atoms with E-state index in [1.54, 1.807) is 7.11 Å². The van der Waals surface area contributed by atoms with Gasteiger partial charge in [0.2, 0.25) is 0 Å². The van der Waals surface area contributed by atoms with E-state index in [0.29, 0.717) is 6.42 Å². The number of carbonyl (C=O) groups excluding carboxylic acids is 1. The molecule has 0 aromatic heterocycles. The number of hydrogen-bond acceptors (Lipinski definition) is 4. The zero-order valence-corrected chi connectivity index (χ0v) is 9.05. The molecular formula is C12H14O4. The molecule has 2 atom stereocenters. The molecule has 0 radical (unpaired) electrons. The van der Waals surface area contributed by atoms with Crippen LogP contribution >= 0.6 is 0 Å². The maximum Gasteiger partial charge on any atom is 0.313 e. The highest BCUT2D eigenvalue weighted by Gasteiger charge is 2.34. The lowest BCUT2D eigenvalue weighted by Gasteiger charge is -2.06. The van der Waals surface area contributed by atoms with Gasteiger partial charge >= 0.3 is 5.97 Å². The Bertz CT molecular complexity index is 371. The first kappa shape index (κ1) is 11.0. The molecule has 1 aromatic carbocycles. The Morgan fingerprint density at radius 2 is 2.12 bits per heavy atom. The summed E-state index contributed by atoms with van der Waals surface area (Å²) in [5.41, 5.74) is 0.904. The van der Waals surface area contributed by atoms with Gasteiger partial charge in [0.15, 0.2) is 0 Å². The van der Waals surface area contributed by atoms with Gasteiger partial charge in [-0.25, -0.2) is 0 Å². The van der Waals surface area contributed by atoms with E-state index in [9.17, 15) is 4.79 Å². The fourth-order valence-corrected chi connectivity index (χ4v) is 1.87. The van der Waals surface area contributed by atoms with E-state index >= 15 is 0 Å². The number of rotatable bonds is 3. The van der Waals surface area contributed by atoms with Crippen molar-refractivity contribution < 1.29 is 19.4 Å². The molecule has 0 aliphatic carbocycles. The zero-order valence-electron chi connectivity index (χ0n) is 9.05. The molecule has 0 bridgehead atoms. The number of benzene rings is 1. The van der Waals surface area contributed by atoms with Crippen molar-refractivity contribution >= 4 is 5.97 Å². The van der Waals surface area contributed by atoms with Crippen molar-refractivity contribution in [2.45, 2.75) is 18.4 Å². The molecular weight excluding hydrogens is 208 g/mol. The van der Waals surface area contributed by atoms with Crippen molar-refractivity contribution in [1.29, 1.82) is 0 Å². The quantitative estimate of drug-likeness (QED) is 0.778. The lowest BCUT2D eigenvalue weighted by Crippen LogP contribution is -2.10. The molecule has 0 spiro atoms. The molecule has 86 valence electrons. The SMILES string of the molecule is COc1ccc(C2CC(CO)OC2=O)cc1. The van der Waals surface area contributed by atoms with E-state index in [1.807, 2.05) is 24.3 Å². The van der Waals surface area contributed by atoms with Crippen LogP contribution in [-0.2, 0) is 9.53 Å². The molecule has 1 fully saturated rings. The topological polar surface area (TPSA) is 55.8 Å². The smallest absolute Gasteiger partial charge is 0.313 e. The minimum atomic E-state index is -0.361. The first-order valence-corrected chi connectivity index (χ1v) is 5.20. The molecule has 1 aliphatic rings. The third kappa shape index (κ3) is 2.02. The van der Waals surface area contributed by atoms with Gasteiger partial charge in [-0.05, 0) is 17.7 Å². The summed E-state index contributed by atoms with van der Waals surface area (Å²) in [6.07, 6.45) is 0.182. The first-order chi connectivity index (χ1) is 7.74. The fourth-order valence-electron chi connectivity index (χ4n) is 1.87. The van der Waals surface area contributed by atoms with Crippen LogP contribution in [-0.4, -0.2) is 30.9 Å². The summed E-state index contributed by atoms with van der Waals surface area (Å²) in [7, 11) is 1.60. The monoisotopic (exact) mass is 222 g/mol. The first-order valence-electron chi connectivity index (χ1n) is 5.20. The molecule has 2 unspecified atom stereocenters. The normalized spacial score (nSPS) is 24.2. The summed E-state index contributed by atoms with van der Waals surface area (Å²) >= 11 is 0. The van der Waals surface area contributed by atoms with Crippen LogP contribution in [0.5, 0.6) is 5.75 Å². The van der Waals surface area contributed by atoms with Crippen molar-refractivity contribution in [3.8, 4) is 5.75 Å². The van der Waals surface area contributed by atoms with Crippen LogP contribution in [0.1, 0.15) is 17.9 Å². The van der Waals surface area contributed by atoms with Gasteiger partial charge < -0.3 is 14.6 Å². The average Bonchev–Trinajstić information content (AvgIpc) is 2.71. The van der Waals surface area contributed by atoms with Crippen LogP contribution in [0, 0.1) is 0 Å². The van der Waals surface area contributed by atoms with E-state index in [1.165, 1.54) is 0 Å². The summed E-state index contributed by atoms with van der Waals surface area (Å²) < 4.78 is 10.1. The molecule has 1 aliphatic heterocycles. The van der Waals surface area contributed by atoms with Crippen LogP contribution in [0.25, 0.3) is 0 Å². The number of aliphatic hydroxyl groups excluding tert-OH is 1. The van der Waals surface area contributed by atoms with Crippen molar-refractivity contribution in [3.05, 3.63) is 29.8 Å². The largest absolute Gasteiger partial charge is 0.497 e. The summed E-state index contributed by atoms with van der Waals surface area (Å²) in [4.78, 5) is 11.5. The molecule has 2 rings (SSSR count). The highest BCUT2D eigenvalue weighted by atomic mass is 16.6. The molecule has 1 heterocycles. The second-order valence-corrected chi connectivity index (χ2v) is 3.80. The molecule has 16 heavy (non-hydrogen) atoms. The van der Waals surface area contributed by atoms with E-state index in [0.717, 1.165) is 11.3 Å². The molecule has 4 heteroatoms. The molecule has 1 saturated heterocycles. The molecule has 1 aromatic rings. The average molecular weight is 222 g/mol. The van der Waals surface area contributed by atoms with Crippen LogP contribution in [0.4, 0.5) is 0 Å². The number of esters is 1. The third-order valence-electron chi connectivity index (χ3n) is 2.79. The Morgan fingerprint density at radius 1 is 1.44 bits per heavy atom. The number of carbonyl (C=O) groups is 1. The molecule has 1 N–H and O–H groups in total. The molecule has 0 saturated carbocycles. The van der Waals surface area contributed by atoms with Gasteiger partial charge in [-0.15, -0.1) is 0 Å². The zero-order chi connectivity index (χ0) is 11.5. The van der Waals surface area contributed by atoms with E-state index < -0.39 is 0 Å².